The van der Waals surface area contributed by atoms with Crippen molar-refractivity contribution in [3.8, 4) is 34.1 Å². The Hall–Kier alpha value is -3.51. The Morgan fingerprint density at radius 2 is 1.58 bits per heavy atom. The van der Waals surface area contributed by atoms with Crippen LogP contribution in [0.5, 0.6) is 23.0 Å². The van der Waals surface area contributed by atoms with E-state index in [0.717, 1.165) is 0 Å². The van der Waals surface area contributed by atoms with Crippen LogP contribution in [-0.4, -0.2) is 118 Å². The van der Waals surface area contributed by atoms with Crippen LogP contribution in [-0.2, 0) is 14.2 Å². The molecule has 0 aliphatic carbocycles. The van der Waals surface area contributed by atoms with Gasteiger partial charge in [0.15, 0.2) is 17.8 Å². The Labute approximate surface area is 243 Å². The molecule has 3 aromatic rings. The van der Waals surface area contributed by atoms with E-state index in [0.29, 0.717) is 11.3 Å². The first-order valence-corrected chi connectivity index (χ1v) is 13.2. The number of phenols is 1. The first-order valence-electron chi connectivity index (χ1n) is 13.2. The van der Waals surface area contributed by atoms with Crippen molar-refractivity contribution >= 4 is 11.0 Å². The topological polar surface area (TPSA) is 227 Å². The van der Waals surface area contributed by atoms with Crippen LogP contribution < -0.4 is 19.6 Å². The van der Waals surface area contributed by atoms with E-state index in [1.807, 2.05) is 0 Å². The van der Waals surface area contributed by atoms with Gasteiger partial charge in [-0.3, -0.25) is 4.79 Å². The Morgan fingerprint density at radius 1 is 0.884 bits per heavy atom. The van der Waals surface area contributed by atoms with Crippen LogP contribution in [0.1, 0.15) is 0 Å². The lowest BCUT2D eigenvalue weighted by atomic mass is 9.99. The van der Waals surface area contributed by atoms with Gasteiger partial charge in [-0.2, -0.15) is 0 Å². The SMILES string of the molecule is COc1ccc(-c2coc3cc(O[C@H]4O[C@@H](CO[C@H]5OC[C@@H](O)[C@@H](O)[C@H]5O)[C@@H](O)[C@@H](O)[C@@H]4O)c(OC)c(O)c3c2=O)cc1. The van der Waals surface area contributed by atoms with Crippen LogP contribution in [0.4, 0.5) is 0 Å². The van der Waals surface area contributed by atoms with E-state index in [-0.39, 0.29) is 34.6 Å². The molecule has 2 aliphatic rings. The van der Waals surface area contributed by atoms with Gasteiger partial charge in [-0.15, -0.1) is 0 Å². The average Bonchev–Trinajstić information content (AvgIpc) is 3.00. The second kappa shape index (κ2) is 12.6. The lowest BCUT2D eigenvalue weighted by Gasteiger charge is -2.41. The summed E-state index contributed by atoms with van der Waals surface area (Å²) in [4.78, 5) is 13.4. The maximum atomic E-state index is 13.4. The first kappa shape index (κ1) is 30.9. The molecule has 7 N–H and O–H groups in total. The fraction of sp³-hybridized carbons (Fsp3) is 0.464. The molecule has 1 aromatic heterocycles. The zero-order valence-corrected chi connectivity index (χ0v) is 23.0. The Morgan fingerprint density at radius 3 is 2.26 bits per heavy atom. The number of rotatable bonds is 8. The van der Waals surface area contributed by atoms with Gasteiger partial charge in [-0.05, 0) is 17.7 Å². The van der Waals surface area contributed by atoms with Crippen LogP contribution in [0.25, 0.3) is 22.1 Å². The Kier molecular flexibility index (Phi) is 9.07. The van der Waals surface area contributed by atoms with Crippen molar-refractivity contribution in [1.82, 2.24) is 0 Å². The Balaban J connectivity index is 1.39. The molecule has 2 aromatic carbocycles. The zero-order valence-electron chi connectivity index (χ0n) is 23.0. The third kappa shape index (κ3) is 5.86. The van der Waals surface area contributed by atoms with Crippen LogP contribution in [0, 0.1) is 0 Å². The number of aliphatic hydroxyl groups is 6. The van der Waals surface area contributed by atoms with Crippen molar-refractivity contribution in [2.45, 2.75) is 55.3 Å². The summed E-state index contributed by atoms with van der Waals surface area (Å²) in [5, 5.41) is 71.9. The molecular weight excluding hydrogens is 576 g/mol. The standard InChI is InChI=1S/C28H32O15/c1-37-12-5-3-11(4-6-12)13-8-39-15-7-16(26(38-2)22(33)18(15)19(13)30)42-28-25(36)23(34)21(32)17(43-28)10-41-27-24(35)20(31)14(29)9-40-27/h3-8,14,17,20-21,23-25,27-29,31-36H,9-10H2,1-2H3/t14-,17+,20-,21-,23-,24-,25+,27-,28+/m1/s1. The summed E-state index contributed by atoms with van der Waals surface area (Å²) in [6, 6.07) is 7.85. The minimum absolute atomic E-state index is 0.0921. The van der Waals surface area contributed by atoms with E-state index < -0.39 is 73.1 Å². The van der Waals surface area contributed by atoms with E-state index in [9.17, 15) is 40.5 Å². The molecule has 2 fully saturated rings. The number of hydrogen-bond acceptors (Lipinski definition) is 15. The van der Waals surface area contributed by atoms with Crippen LogP contribution >= 0.6 is 0 Å². The molecule has 0 unspecified atom stereocenters. The molecule has 2 saturated heterocycles. The molecule has 0 amide bonds. The molecule has 234 valence electrons. The largest absolute Gasteiger partial charge is 0.504 e. The normalized spacial score (nSPS) is 31.1. The molecule has 43 heavy (non-hydrogen) atoms. The number of methoxy groups -OCH3 is 2. The van der Waals surface area contributed by atoms with Crippen molar-refractivity contribution in [1.29, 1.82) is 0 Å². The second-order valence-electron chi connectivity index (χ2n) is 10.1. The van der Waals surface area contributed by atoms with E-state index in [2.05, 4.69) is 0 Å². The maximum absolute atomic E-state index is 13.4. The van der Waals surface area contributed by atoms with Gasteiger partial charge in [0.25, 0.3) is 0 Å². The lowest BCUT2D eigenvalue weighted by Crippen LogP contribution is -2.61. The molecule has 15 heteroatoms. The number of phenolic OH excluding ortho intramolecular Hbond substituents is 1. The number of aromatic hydroxyl groups is 1. The molecule has 5 rings (SSSR count). The van der Waals surface area contributed by atoms with Crippen LogP contribution in [0.2, 0.25) is 0 Å². The van der Waals surface area contributed by atoms with Gasteiger partial charge >= 0.3 is 0 Å². The van der Waals surface area contributed by atoms with Gasteiger partial charge in [0.05, 0.1) is 33.0 Å². The summed E-state index contributed by atoms with van der Waals surface area (Å²) in [5.74, 6) is -0.572. The predicted octanol–water partition coefficient (Wildman–Crippen LogP) is -1.18. The molecule has 0 spiro atoms. The average molecular weight is 609 g/mol. The summed E-state index contributed by atoms with van der Waals surface area (Å²) >= 11 is 0. The molecule has 9 atom stereocenters. The smallest absolute Gasteiger partial charge is 0.229 e. The number of hydrogen-bond donors (Lipinski definition) is 7. The lowest BCUT2D eigenvalue weighted by molar-refractivity contribution is -0.307. The van der Waals surface area contributed by atoms with Crippen molar-refractivity contribution < 1.29 is 68.6 Å². The van der Waals surface area contributed by atoms with Gasteiger partial charge in [-0.1, -0.05) is 12.1 Å². The van der Waals surface area contributed by atoms with Gasteiger partial charge in [0, 0.05) is 6.07 Å². The predicted molar refractivity (Wildman–Crippen MR) is 144 cm³/mol. The highest BCUT2D eigenvalue weighted by molar-refractivity contribution is 5.91. The fourth-order valence-corrected chi connectivity index (χ4v) is 4.87. The van der Waals surface area contributed by atoms with Gasteiger partial charge in [-0.25, -0.2) is 0 Å². The number of ether oxygens (including phenoxy) is 6. The molecule has 2 aliphatic heterocycles. The quantitative estimate of drug-likeness (QED) is 0.160. The molecule has 0 radical (unpaired) electrons. The highest BCUT2D eigenvalue weighted by Crippen LogP contribution is 2.43. The van der Waals surface area contributed by atoms with E-state index in [1.165, 1.54) is 26.5 Å². The van der Waals surface area contributed by atoms with Crippen molar-refractivity contribution in [3.63, 3.8) is 0 Å². The zero-order chi connectivity index (χ0) is 31.0. The van der Waals surface area contributed by atoms with Crippen LogP contribution in [0.3, 0.4) is 0 Å². The maximum Gasteiger partial charge on any atom is 0.229 e. The van der Waals surface area contributed by atoms with Gasteiger partial charge in [0.1, 0.15) is 65.7 Å². The summed E-state index contributed by atoms with van der Waals surface area (Å²) in [7, 11) is 2.71. The molecule has 3 heterocycles. The van der Waals surface area contributed by atoms with Crippen LogP contribution in [0.15, 0.2) is 45.8 Å². The first-order chi connectivity index (χ1) is 20.5. The van der Waals surface area contributed by atoms with Crippen molar-refractivity contribution in [2.24, 2.45) is 0 Å². The van der Waals surface area contributed by atoms with Gasteiger partial charge < -0.3 is 68.6 Å². The number of aliphatic hydroxyl groups excluding tert-OH is 6. The van der Waals surface area contributed by atoms with Crippen molar-refractivity contribution in [2.75, 3.05) is 27.4 Å². The molecule has 0 bridgehead atoms. The minimum atomic E-state index is -1.80. The molecular formula is C28H32O15. The summed E-state index contributed by atoms with van der Waals surface area (Å²) in [6.07, 6.45) is -12.9. The summed E-state index contributed by atoms with van der Waals surface area (Å²) in [5.41, 5.74) is 0.00139. The third-order valence-electron chi connectivity index (χ3n) is 7.36. The van der Waals surface area contributed by atoms with E-state index >= 15 is 0 Å². The monoisotopic (exact) mass is 608 g/mol. The van der Waals surface area contributed by atoms with E-state index in [1.54, 1.807) is 24.3 Å². The van der Waals surface area contributed by atoms with Gasteiger partial charge in [0.2, 0.25) is 17.5 Å². The second-order valence-corrected chi connectivity index (χ2v) is 10.1. The fourth-order valence-electron chi connectivity index (χ4n) is 4.87. The summed E-state index contributed by atoms with van der Waals surface area (Å²) < 4.78 is 38.0. The summed E-state index contributed by atoms with van der Waals surface area (Å²) in [6.45, 7) is -0.828. The highest BCUT2D eigenvalue weighted by Gasteiger charge is 2.47. The molecule has 15 nitrogen and oxygen atoms in total. The highest BCUT2D eigenvalue weighted by atomic mass is 16.7. The van der Waals surface area contributed by atoms with E-state index in [4.69, 9.17) is 32.8 Å². The van der Waals surface area contributed by atoms with Crippen molar-refractivity contribution in [3.05, 3.63) is 46.8 Å². The number of fused-ring (bicyclic) bond motifs is 1. The molecule has 0 saturated carbocycles. The Bertz CT molecular complexity index is 1470. The third-order valence-corrected chi connectivity index (χ3v) is 7.36. The number of benzene rings is 2. The minimum Gasteiger partial charge on any atom is -0.504 e.